The molecule has 7 rings (SSSR count). The summed E-state index contributed by atoms with van der Waals surface area (Å²) in [7, 11) is -4.46. The molecule has 1 saturated heterocycles. The smallest absolute Gasteiger partial charge is 0.261 e. The van der Waals surface area contributed by atoms with E-state index in [2.05, 4.69) is 0 Å². The summed E-state index contributed by atoms with van der Waals surface area (Å²) in [4.78, 5) is 0.0246. The molecule has 1 aliphatic rings. The van der Waals surface area contributed by atoms with Crippen molar-refractivity contribution in [1.82, 2.24) is 4.31 Å². The molecule has 1 fully saturated rings. The van der Waals surface area contributed by atoms with Gasteiger partial charge in [0.2, 0.25) is 10.0 Å². The van der Waals surface area contributed by atoms with Crippen LogP contribution in [0.4, 0.5) is 0 Å². The Hall–Kier alpha value is -5.46. The SMILES string of the molecule is Cc1ccc(S(=O)(=O)N2[C@H](COCc3ccccc3)[C@@H](OCc3ccccc3)[C@H](OCc3ccccc3)[C@@H](OCc3ccccc3)[C@@H]2/[N+]([O-])=C/c2ccccc2)cc1. The third-order valence-electron chi connectivity index (χ3n) is 10.1. The summed E-state index contributed by atoms with van der Waals surface area (Å²) in [5, 5.41) is 15.0. The number of rotatable bonds is 17. The summed E-state index contributed by atoms with van der Waals surface area (Å²) in [6.45, 7) is 2.34. The van der Waals surface area contributed by atoms with E-state index >= 15 is 13.6 Å². The third kappa shape index (κ3) is 10.3. The minimum Gasteiger partial charge on any atom is -0.622 e. The number of piperidine rings is 1. The van der Waals surface area contributed by atoms with Gasteiger partial charge in [-0.25, -0.2) is 8.42 Å². The minimum absolute atomic E-state index is 0.0246. The molecule has 0 amide bonds. The Morgan fingerprint density at radius 3 is 1.45 bits per heavy atom. The van der Waals surface area contributed by atoms with E-state index in [0.29, 0.717) is 10.3 Å². The summed E-state index contributed by atoms with van der Waals surface area (Å²) in [6.07, 6.45) is -3.14. The van der Waals surface area contributed by atoms with Crippen LogP contribution in [-0.4, -0.2) is 60.8 Å². The van der Waals surface area contributed by atoms with Crippen molar-refractivity contribution < 1.29 is 32.1 Å². The van der Waals surface area contributed by atoms with Crippen molar-refractivity contribution >= 4 is 16.2 Å². The molecule has 298 valence electrons. The number of aryl methyl sites for hydroxylation is 1. The van der Waals surface area contributed by atoms with Crippen LogP contribution in [0, 0.1) is 12.1 Å². The van der Waals surface area contributed by atoms with Gasteiger partial charge < -0.3 is 24.2 Å². The zero-order chi connectivity index (χ0) is 40.2. The van der Waals surface area contributed by atoms with Crippen molar-refractivity contribution in [2.24, 2.45) is 0 Å². The average Bonchev–Trinajstić information content (AvgIpc) is 3.26. The summed E-state index contributed by atoms with van der Waals surface area (Å²) in [5.74, 6) is 0. The van der Waals surface area contributed by atoms with Gasteiger partial charge in [-0.1, -0.05) is 157 Å². The number of hydroxylamine groups is 1. The molecule has 9 nitrogen and oxygen atoms in total. The number of ether oxygens (including phenoxy) is 4. The van der Waals surface area contributed by atoms with Gasteiger partial charge in [-0.05, 0) is 53.4 Å². The molecule has 58 heavy (non-hydrogen) atoms. The normalized spacial score (nSPS) is 20.2. The fraction of sp³-hybridized carbons (Fsp3) is 0.229. The highest BCUT2D eigenvalue weighted by Gasteiger charge is 2.60. The maximum Gasteiger partial charge on any atom is 0.261 e. The number of hydrogen-bond donors (Lipinski definition) is 0. The molecule has 0 saturated carbocycles. The molecule has 0 bridgehead atoms. The summed E-state index contributed by atoms with van der Waals surface area (Å²) < 4.78 is 59.7. The van der Waals surface area contributed by atoms with Crippen LogP contribution in [0.3, 0.4) is 0 Å². The van der Waals surface area contributed by atoms with Gasteiger partial charge in [-0.3, -0.25) is 0 Å². The Labute approximate surface area is 341 Å². The second kappa shape index (κ2) is 19.8. The summed E-state index contributed by atoms with van der Waals surface area (Å²) in [5.41, 5.74) is 5.01. The molecule has 0 aromatic heterocycles. The second-order valence-electron chi connectivity index (χ2n) is 14.3. The molecule has 0 spiro atoms. The molecule has 1 heterocycles. The minimum atomic E-state index is -4.46. The Bertz CT molecular complexity index is 2280. The molecule has 6 aromatic rings. The molecule has 1 aliphatic heterocycles. The Morgan fingerprint density at radius 1 is 0.552 bits per heavy atom. The monoisotopic (exact) mass is 796 g/mol. The quantitative estimate of drug-likeness (QED) is 0.0397. The largest absolute Gasteiger partial charge is 0.622 e. The lowest BCUT2D eigenvalue weighted by molar-refractivity contribution is -0.547. The molecule has 5 atom stereocenters. The van der Waals surface area contributed by atoms with Crippen LogP contribution in [0.2, 0.25) is 0 Å². The number of hydrogen-bond acceptors (Lipinski definition) is 7. The van der Waals surface area contributed by atoms with E-state index < -0.39 is 40.5 Å². The first kappa shape index (κ1) is 40.7. The Kier molecular flexibility index (Phi) is 13.9. The molecular weight excluding hydrogens is 749 g/mol. The maximum atomic E-state index is 15.4. The van der Waals surface area contributed by atoms with Crippen LogP contribution in [0.15, 0.2) is 181 Å². The Morgan fingerprint density at radius 2 is 0.966 bits per heavy atom. The number of sulfonamides is 1. The van der Waals surface area contributed by atoms with Crippen LogP contribution in [0.25, 0.3) is 0 Å². The standard InChI is InChI=1S/C48H48N2O7S/c1-37-27-29-43(30-28-37)58(52,53)50-44(36-54-32-39-19-9-3-10-20-39)45(55-33-40-21-11-4-12-22-40)46(56-34-41-23-13-5-14-24-41)47(57-35-42-25-15-6-16-26-42)48(50)49(51)31-38-17-7-2-8-18-38/h2-31,44-48H,32-36H2,1H3/b49-31-/t44-,45-,46+,47-,48-/m1/s1. The predicted octanol–water partition coefficient (Wildman–Crippen LogP) is 8.30. The molecular formula is C48H48N2O7S. The highest BCUT2D eigenvalue weighted by Crippen LogP contribution is 2.37. The fourth-order valence-electron chi connectivity index (χ4n) is 7.15. The van der Waals surface area contributed by atoms with Gasteiger partial charge in [0.15, 0.2) is 12.3 Å². The van der Waals surface area contributed by atoms with Gasteiger partial charge in [-0.2, -0.15) is 4.74 Å². The molecule has 10 heteroatoms. The number of nitrogens with zero attached hydrogens (tertiary/aromatic N) is 2. The lowest BCUT2D eigenvalue weighted by Gasteiger charge is -2.49. The van der Waals surface area contributed by atoms with Crippen molar-refractivity contribution in [3.05, 3.63) is 215 Å². The van der Waals surface area contributed by atoms with Crippen molar-refractivity contribution in [3.8, 4) is 0 Å². The molecule has 0 N–H and O–H groups in total. The van der Waals surface area contributed by atoms with Crippen LogP contribution in [-0.2, 0) is 55.4 Å². The van der Waals surface area contributed by atoms with E-state index in [4.69, 9.17) is 18.9 Å². The van der Waals surface area contributed by atoms with Crippen LogP contribution < -0.4 is 0 Å². The zero-order valence-electron chi connectivity index (χ0n) is 32.4. The zero-order valence-corrected chi connectivity index (χ0v) is 33.2. The van der Waals surface area contributed by atoms with Crippen molar-refractivity contribution in [3.63, 3.8) is 0 Å². The van der Waals surface area contributed by atoms with E-state index in [-0.39, 0.29) is 37.9 Å². The first-order valence-corrected chi connectivity index (χ1v) is 20.8. The topological polar surface area (TPSA) is 100 Å². The van der Waals surface area contributed by atoms with Crippen molar-refractivity contribution in [1.29, 1.82) is 0 Å². The molecule has 0 unspecified atom stereocenters. The van der Waals surface area contributed by atoms with Gasteiger partial charge in [0.05, 0.1) is 44.0 Å². The van der Waals surface area contributed by atoms with Gasteiger partial charge in [0.1, 0.15) is 12.2 Å². The molecule has 6 aromatic carbocycles. The third-order valence-corrected chi connectivity index (χ3v) is 12.0. The Balaban J connectivity index is 1.41. The highest BCUT2D eigenvalue weighted by molar-refractivity contribution is 7.89. The lowest BCUT2D eigenvalue weighted by atomic mass is 9.92. The van der Waals surface area contributed by atoms with Crippen LogP contribution >= 0.6 is 0 Å². The first-order valence-electron chi connectivity index (χ1n) is 19.4. The highest BCUT2D eigenvalue weighted by atomic mass is 32.2. The van der Waals surface area contributed by atoms with E-state index in [1.165, 1.54) is 10.5 Å². The van der Waals surface area contributed by atoms with E-state index in [0.717, 1.165) is 27.8 Å². The van der Waals surface area contributed by atoms with Crippen molar-refractivity contribution in [2.45, 2.75) is 68.8 Å². The van der Waals surface area contributed by atoms with Gasteiger partial charge in [0.25, 0.3) is 6.17 Å². The van der Waals surface area contributed by atoms with E-state index in [1.54, 1.807) is 36.4 Å². The maximum absolute atomic E-state index is 15.4. The first-order chi connectivity index (χ1) is 28.4. The van der Waals surface area contributed by atoms with Crippen molar-refractivity contribution in [2.75, 3.05) is 6.61 Å². The number of benzene rings is 6. The molecule has 0 aliphatic carbocycles. The van der Waals surface area contributed by atoms with Gasteiger partial charge in [0, 0.05) is 5.56 Å². The van der Waals surface area contributed by atoms with Crippen LogP contribution in [0.5, 0.6) is 0 Å². The van der Waals surface area contributed by atoms with Gasteiger partial charge in [-0.15, -0.1) is 4.31 Å². The van der Waals surface area contributed by atoms with Gasteiger partial charge >= 0.3 is 0 Å². The second-order valence-corrected chi connectivity index (χ2v) is 16.2. The van der Waals surface area contributed by atoms with Crippen LogP contribution in [0.1, 0.15) is 33.4 Å². The fourth-order valence-corrected chi connectivity index (χ4v) is 8.91. The predicted molar refractivity (Wildman–Crippen MR) is 224 cm³/mol. The average molecular weight is 797 g/mol. The summed E-state index contributed by atoms with van der Waals surface area (Å²) in [6, 6.07) is 53.3. The molecule has 0 radical (unpaired) electrons. The van der Waals surface area contributed by atoms with E-state index in [1.807, 2.05) is 146 Å². The summed E-state index contributed by atoms with van der Waals surface area (Å²) >= 11 is 0. The van der Waals surface area contributed by atoms with E-state index in [9.17, 15) is 0 Å². The lowest BCUT2D eigenvalue weighted by Crippen LogP contribution is -2.72.